The first-order valence-corrected chi connectivity index (χ1v) is 12.6. The molecule has 8 nitrogen and oxygen atoms in total. The molecule has 0 saturated carbocycles. The van der Waals surface area contributed by atoms with Crippen LogP contribution >= 0.6 is 15.9 Å². The second-order valence-corrected chi connectivity index (χ2v) is 9.54. The molecule has 1 amide bonds. The summed E-state index contributed by atoms with van der Waals surface area (Å²) in [7, 11) is 0. The summed E-state index contributed by atoms with van der Waals surface area (Å²) >= 11 is 3.58. The van der Waals surface area contributed by atoms with Gasteiger partial charge >= 0.3 is 0 Å². The third kappa shape index (κ3) is 5.30. The van der Waals surface area contributed by atoms with Crippen molar-refractivity contribution < 1.29 is 9.53 Å². The van der Waals surface area contributed by atoms with Gasteiger partial charge in [-0.05, 0) is 59.5 Å². The highest BCUT2D eigenvalue weighted by Crippen LogP contribution is 2.31. The minimum atomic E-state index is -0.519. The lowest BCUT2D eigenvalue weighted by molar-refractivity contribution is -0.139. The van der Waals surface area contributed by atoms with Gasteiger partial charge in [-0.15, -0.1) is 0 Å². The summed E-state index contributed by atoms with van der Waals surface area (Å²) in [6, 6.07) is 15.5. The second kappa shape index (κ2) is 10.4. The Morgan fingerprint density at radius 1 is 1.17 bits per heavy atom. The Kier molecular flexibility index (Phi) is 6.94. The van der Waals surface area contributed by atoms with E-state index < -0.39 is 6.10 Å². The van der Waals surface area contributed by atoms with E-state index >= 15 is 0 Å². The number of nitrogens with zero attached hydrogens (tertiary/aromatic N) is 5. The topological polar surface area (TPSA) is 84.7 Å². The van der Waals surface area contributed by atoms with Gasteiger partial charge in [-0.3, -0.25) is 9.78 Å². The smallest absolute Gasteiger partial charge is 0.263 e. The van der Waals surface area contributed by atoms with Crippen molar-refractivity contribution in [3.8, 4) is 5.75 Å². The van der Waals surface area contributed by atoms with Gasteiger partial charge < -0.3 is 15.0 Å². The van der Waals surface area contributed by atoms with Gasteiger partial charge in [0.1, 0.15) is 11.6 Å². The number of carbonyl (C=O) groups excluding carboxylic acids is 1. The van der Waals surface area contributed by atoms with Crippen LogP contribution in [0.3, 0.4) is 0 Å². The van der Waals surface area contributed by atoms with Gasteiger partial charge in [0, 0.05) is 49.7 Å². The van der Waals surface area contributed by atoms with Crippen LogP contribution in [0.15, 0.2) is 71.6 Å². The first-order chi connectivity index (χ1) is 17.1. The van der Waals surface area contributed by atoms with Crippen molar-refractivity contribution in [2.24, 2.45) is 0 Å². The molecule has 4 aromatic rings. The molecule has 1 aliphatic heterocycles. The predicted molar refractivity (Wildman–Crippen MR) is 137 cm³/mol. The maximum Gasteiger partial charge on any atom is 0.263 e. The lowest BCUT2D eigenvalue weighted by atomic mass is 9.93. The first-order valence-electron chi connectivity index (χ1n) is 11.8. The predicted octanol–water partition coefficient (Wildman–Crippen LogP) is 4.67. The van der Waals surface area contributed by atoms with Gasteiger partial charge in [-0.1, -0.05) is 24.3 Å². The summed E-state index contributed by atoms with van der Waals surface area (Å²) in [5.74, 6) is 1.87. The number of para-hydroxylation sites is 1. The average molecular weight is 535 g/mol. The van der Waals surface area contributed by atoms with Crippen LogP contribution in [0.25, 0.3) is 5.65 Å². The van der Waals surface area contributed by atoms with E-state index in [1.165, 1.54) is 0 Å². The van der Waals surface area contributed by atoms with Crippen molar-refractivity contribution in [3.05, 3.63) is 82.9 Å². The van der Waals surface area contributed by atoms with Crippen LogP contribution in [0.5, 0.6) is 5.75 Å². The fourth-order valence-corrected chi connectivity index (χ4v) is 4.74. The second-order valence-electron chi connectivity index (χ2n) is 8.68. The number of pyridine rings is 1. The quantitative estimate of drug-likeness (QED) is 0.370. The van der Waals surface area contributed by atoms with E-state index in [-0.39, 0.29) is 11.8 Å². The molecule has 1 aliphatic rings. The molecule has 0 aliphatic carbocycles. The van der Waals surface area contributed by atoms with Crippen LogP contribution in [0, 0.1) is 0 Å². The molecule has 0 radical (unpaired) electrons. The number of benzene rings is 1. The Bertz CT molecular complexity index is 1290. The van der Waals surface area contributed by atoms with Crippen LogP contribution in [0.4, 0.5) is 5.82 Å². The number of hydrogen-bond acceptors (Lipinski definition) is 6. The van der Waals surface area contributed by atoms with Crippen LogP contribution < -0.4 is 10.1 Å². The molecule has 35 heavy (non-hydrogen) atoms. The van der Waals surface area contributed by atoms with Gasteiger partial charge in [0.05, 0.1) is 10.7 Å². The highest BCUT2D eigenvalue weighted by Gasteiger charge is 2.29. The van der Waals surface area contributed by atoms with Gasteiger partial charge in [0.25, 0.3) is 5.91 Å². The molecule has 1 unspecified atom stereocenters. The van der Waals surface area contributed by atoms with Crippen molar-refractivity contribution in [1.29, 1.82) is 0 Å². The molecule has 9 heteroatoms. The zero-order valence-corrected chi connectivity index (χ0v) is 21.1. The summed E-state index contributed by atoms with van der Waals surface area (Å²) in [6.07, 6.45) is 6.55. The average Bonchev–Trinajstić information content (AvgIpc) is 3.28. The normalized spacial score (nSPS) is 15.2. The minimum absolute atomic E-state index is 0.0214. The maximum absolute atomic E-state index is 13.0. The van der Waals surface area contributed by atoms with Crippen molar-refractivity contribution in [2.75, 3.05) is 18.4 Å². The number of hydrogen-bond donors (Lipinski definition) is 1. The number of fused-ring (bicyclic) bond motifs is 1. The van der Waals surface area contributed by atoms with Crippen molar-refractivity contribution in [1.82, 2.24) is 24.5 Å². The van der Waals surface area contributed by atoms with Crippen molar-refractivity contribution in [3.63, 3.8) is 0 Å². The molecular formula is C26H27BrN6O2. The summed E-state index contributed by atoms with van der Waals surface area (Å²) in [5, 5.41) is 7.95. The van der Waals surface area contributed by atoms with E-state index in [1.807, 2.05) is 65.0 Å². The molecule has 0 bridgehead atoms. The minimum Gasteiger partial charge on any atom is -0.481 e. The number of aromatic nitrogens is 4. The molecule has 5 rings (SSSR count). The highest BCUT2D eigenvalue weighted by atomic mass is 79.9. The van der Waals surface area contributed by atoms with Crippen molar-refractivity contribution >= 4 is 33.3 Å². The Morgan fingerprint density at radius 3 is 2.71 bits per heavy atom. The van der Waals surface area contributed by atoms with Crippen LogP contribution in [-0.4, -0.2) is 49.6 Å². The number of piperidine rings is 1. The number of likely N-dealkylation sites (tertiary alicyclic amines) is 1. The number of halogens is 1. The van der Waals surface area contributed by atoms with Gasteiger partial charge in [0.15, 0.2) is 11.8 Å². The summed E-state index contributed by atoms with van der Waals surface area (Å²) in [4.78, 5) is 24.0. The number of carbonyl (C=O) groups is 1. The molecule has 1 aromatic carbocycles. The standard InChI is InChI=1S/C26H27BrN6O2/c1-18(35-21-7-3-2-4-8-21)26(34)32-12-9-20(10-13-32)23-14-24(29-16-19-6-5-11-28-15-19)33-25(31-23)22(27)17-30-33/h2-8,11,14-15,17-18,20,29H,9-10,12-13,16H2,1H3. The van der Waals surface area contributed by atoms with E-state index in [0.717, 1.165) is 40.0 Å². The Morgan fingerprint density at radius 2 is 1.97 bits per heavy atom. The summed E-state index contributed by atoms with van der Waals surface area (Å²) in [5.41, 5.74) is 2.87. The van der Waals surface area contributed by atoms with Gasteiger partial charge in [-0.2, -0.15) is 9.61 Å². The Labute approximate surface area is 212 Å². The van der Waals surface area contributed by atoms with E-state index in [9.17, 15) is 4.79 Å². The lowest BCUT2D eigenvalue weighted by Gasteiger charge is -2.33. The zero-order valence-electron chi connectivity index (χ0n) is 19.5. The van der Waals surface area contributed by atoms with Crippen LogP contribution in [-0.2, 0) is 11.3 Å². The number of rotatable bonds is 7. The number of amides is 1. The molecule has 180 valence electrons. The number of nitrogens with one attached hydrogen (secondary N) is 1. The van der Waals surface area contributed by atoms with E-state index in [2.05, 4.69) is 37.4 Å². The molecule has 4 heterocycles. The highest BCUT2D eigenvalue weighted by molar-refractivity contribution is 9.10. The van der Waals surface area contributed by atoms with Crippen molar-refractivity contribution in [2.45, 2.75) is 38.3 Å². The maximum atomic E-state index is 13.0. The third-order valence-corrected chi connectivity index (χ3v) is 6.83. The lowest BCUT2D eigenvalue weighted by Crippen LogP contribution is -2.44. The summed E-state index contributed by atoms with van der Waals surface area (Å²) < 4.78 is 8.50. The monoisotopic (exact) mass is 534 g/mol. The van der Waals surface area contributed by atoms with E-state index in [1.54, 1.807) is 12.4 Å². The Balaban J connectivity index is 1.27. The fraction of sp³-hybridized carbons (Fsp3) is 0.308. The van der Waals surface area contributed by atoms with Gasteiger partial charge in [-0.25, -0.2) is 4.98 Å². The fourth-order valence-electron chi connectivity index (χ4n) is 4.39. The first kappa shape index (κ1) is 23.3. The largest absolute Gasteiger partial charge is 0.481 e. The molecule has 1 saturated heterocycles. The molecule has 0 spiro atoms. The van der Waals surface area contributed by atoms with Gasteiger partial charge in [0.2, 0.25) is 0 Å². The van der Waals surface area contributed by atoms with E-state index in [4.69, 9.17) is 9.72 Å². The molecule has 1 atom stereocenters. The number of ether oxygens (including phenoxy) is 1. The molecule has 3 aromatic heterocycles. The zero-order chi connectivity index (χ0) is 24.2. The third-order valence-electron chi connectivity index (χ3n) is 6.27. The molecule has 1 fully saturated rings. The SMILES string of the molecule is CC(Oc1ccccc1)C(=O)N1CCC(c2cc(NCc3cccnc3)n3ncc(Br)c3n2)CC1. The van der Waals surface area contributed by atoms with Crippen LogP contribution in [0.2, 0.25) is 0 Å². The van der Waals surface area contributed by atoms with Crippen LogP contribution in [0.1, 0.15) is 36.9 Å². The Hall–Kier alpha value is -3.46. The molecular weight excluding hydrogens is 508 g/mol. The van der Waals surface area contributed by atoms with E-state index in [0.29, 0.717) is 25.4 Å². The summed E-state index contributed by atoms with van der Waals surface area (Å²) in [6.45, 7) is 3.81. The molecule has 1 N–H and O–H groups in total. The number of anilines is 1.